The molecule has 0 amide bonds. The molecule has 2 aromatic rings. The van der Waals surface area contributed by atoms with Crippen molar-refractivity contribution < 1.29 is 14.1 Å². The van der Waals surface area contributed by atoms with Gasteiger partial charge in [0.25, 0.3) is 0 Å². The van der Waals surface area contributed by atoms with Gasteiger partial charge in [0.15, 0.2) is 0 Å². The number of benzene rings is 2. The third-order valence-corrected chi connectivity index (χ3v) is 7.37. The number of carbonyl (C=O) groups excluding carboxylic acids is 1. The molecule has 0 aromatic heterocycles. The fourth-order valence-corrected chi connectivity index (χ4v) is 5.53. The number of esters is 1. The molecule has 0 saturated heterocycles. The molecule has 22 heavy (non-hydrogen) atoms. The molecule has 1 atom stereocenters. The fourth-order valence-electron chi connectivity index (χ4n) is 2.51. The summed E-state index contributed by atoms with van der Waals surface area (Å²) in [4.78, 5) is 10.9. The van der Waals surface area contributed by atoms with Crippen LogP contribution in [0.25, 0.3) is 0 Å². The molecule has 0 heterocycles. The van der Waals surface area contributed by atoms with Gasteiger partial charge < -0.3 is 9.30 Å². The Hall–Kier alpha value is -1.86. The summed E-state index contributed by atoms with van der Waals surface area (Å²) in [5.41, 5.74) is -0.100. The van der Waals surface area contributed by atoms with E-state index in [4.69, 9.17) is 4.74 Å². The van der Waals surface area contributed by atoms with Crippen molar-refractivity contribution in [3.63, 3.8) is 0 Å². The van der Waals surface area contributed by atoms with Crippen molar-refractivity contribution in [2.45, 2.75) is 25.9 Å². The Labute approximate surface area is 131 Å². The molecule has 1 unspecified atom stereocenters. The van der Waals surface area contributed by atoms with Crippen molar-refractivity contribution >= 4 is 23.7 Å². The van der Waals surface area contributed by atoms with E-state index in [1.165, 1.54) is 6.92 Å². The molecule has 0 bridgehead atoms. The first-order chi connectivity index (χ1) is 10.5. The van der Waals surface area contributed by atoms with Gasteiger partial charge in [0.05, 0.1) is 6.61 Å². The zero-order chi connectivity index (χ0) is 16.0. The molecule has 116 valence electrons. The molecule has 0 saturated carbocycles. The largest absolute Gasteiger partial charge is 0.466 e. The maximum atomic E-state index is 13.9. The molecule has 2 aromatic carbocycles. The van der Waals surface area contributed by atoms with E-state index in [1.54, 1.807) is 0 Å². The van der Waals surface area contributed by atoms with Crippen molar-refractivity contribution in [3.8, 4) is 0 Å². The van der Waals surface area contributed by atoms with Crippen LogP contribution < -0.4 is 10.6 Å². The molecule has 0 spiro atoms. The zero-order valence-corrected chi connectivity index (χ0v) is 13.8. The van der Waals surface area contributed by atoms with Gasteiger partial charge in [-0.15, -0.1) is 0 Å². The monoisotopic (exact) mass is 316 g/mol. The Bertz CT molecular complexity index is 609. The predicted molar refractivity (Wildman–Crippen MR) is 90.5 cm³/mol. The van der Waals surface area contributed by atoms with Crippen LogP contribution in [0.2, 0.25) is 0 Å². The molecule has 0 radical (unpaired) electrons. The van der Waals surface area contributed by atoms with E-state index < -0.39 is 7.14 Å². The van der Waals surface area contributed by atoms with Gasteiger partial charge in [0.1, 0.15) is 7.14 Å². The Kier molecular flexibility index (Phi) is 5.57. The topological polar surface area (TPSA) is 43.4 Å². The van der Waals surface area contributed by atoms with Gasteiger partial charge in [-0.05, 0) is 6.42 Å². The van der Waals surface area contributed by atoms with Gasteiger partial charge in [0.2, 0.25) is 0 Å². The van der Waals surface area contributed by atoms with Gasteiger partial charge in [-0.1, -0.05) is 67.6 Å². The zero-order valence-electron chi connectivity index (χ0n) is 12.9. The van der Waals surface area contributed by atoms with Crippen LogP contribution in [-0.4, -0.2) is 18.2 Å². The lowest BCUT2D eigenvalue weighted by atomic mass is 10.3. The van der Waals surface area contributed by atoms with Crippen LogP contribution in [0.15, 0.2) is 60.7 Å². The average Bonchev–Trinajstić information content (AvgIpc) is 2.55. The highest BCUT2D eigenvalue weighted by atomic mass is 31.2. The number of rotatable bonds is 6. The SMILES string of the molecule is CC(=O)OCCC(C)P(=O)(c1ccccc1)c1ccccc1. The standard InChI is InChI=1S/C18H21O3P/c1-15(13-14-21-16(2)19)22(20,17-9-5-3-6-10-17)18-11-7-4-8-12-18/h3-12,15H,13-14H2,1-2H3. The highest BCUT2D eigenvalue weighted by Crippen LogP contribution is 2.49. The highest BCUT2D eigenvalue weighted by Gasteiger charge is 2.33. The summed E-state index contributed by atoms with van der Waals surface area (Å²) in [6.07, 6.45) is 0.570. The summed E-state index contributed by atoms with van der Waals surface area (Å²) in [5, 5.41) is 1.69. The van der Waals surface area contributed by atoms with Crippen LogP contribution in [0.1, 0.15) is 20.3 Å². The van der Waals surface area contributed by atoms with Crippen molar-refractivity contribution in [1.82, 2.24) is 0 Å². The van der Waals surface area contributed by atoms with E-state index in [1.807, 2.05) is 67.6 Å². The minimum atomic E-state index is -2.77. The van der Waals surface area contributed by atoms with Crippen molar-refractivity contribution in [3.05, 3.63) is 60.7 Å². The fraction of sp³-hybridized carbons (Fsp3) is 0.278. The maximum absolute atomic E-state index is 13.9. The molecule has 2 rings (SSSR count). The van der Waals surface area contributed by atoms with Crippen molar-refractivity contribution in [2.24, 2.45) is 0 Å². The van der Waals surface area contributed by atoms with Gasteiger partial charge in [-0.2, -0.15) is 0 Å². The third-order valence-electron chi connectivity index (χ3n) is 3.74. The van der Waals surface area contributed by atoms with Crippen LogP contribution in [0, 0.1) is 0 Å². The third kappa shape index (κ3) is 3.66. The lowest BCUT2D eigenvalue weighted by Gasteiger charge is -2.25. The van der Waals surface area contributed by atoms with Crippen LogP contribution in [0.5, 0.6) is 0 Å². The van der Waals surface area contributed by atoms with Gasteiger partial charge in [-0.3, -0.25) is 4.79 Å². The van der Waals surface area contributed by atoms with Crippen LogP contribution >= 0.6 is 7.14 Å². The predicted octanol–water partition coefficient (Wildman–Crippen LogP) is 3.34. The Balaban J connectivity index is 2.34. The Morgan fingerprint density at radius 1 is 1.00 bits per heavy atom. The van der Waals surface area contributed by atoms with E-state index in [2.05, 4.69) is 0 Å². The minimum Gasteiger partial charge on any atom is -0.466 e. The van der Waals surface area contributed by atoms with Crippen molar-refractivity contribution in [2.75, 3.05) is 6.61 Å². The summed E-state index contributed by atoms with van der Waals surface area (Å²) in [7, 11) is -2.77. The summed E-state index contributed by atoms with van der Waals surface area (Å²) in [6, 6.07) is 19.1. The quantitative estimate of drug-likeness (QED) is 0.606. The lowest BCUT2D eigenvalue weighted by molar-refractivity contribution is -0.141. The van der Waals surface area contributed by atoms with Gasteiger partial charge >= 0.3 is 5.97 Å². The molecule has 0 aliphatic heterocycles. The summed E-state index contributed by atoms with van der Waals surface area (Å²) in [5.74, 6) is -0.304. The Morgan fingerprint density at radius 3 is 1.86 bits per heavy atom. The first-order valence-corrected chi connectivity index (χ1v) is 9.17. The normalized spacial score (nSPS) is 12.6. The molecular weight excluding hydrogens is 295 g/mol. The Morgan fingerprint density at radius 2 is 1.45 bits per heavy atom. The average molecular weight is 316 g/mol. The number of carbonyl (C=O) groups is 1. The van der Waals surface area contributed by atoms with E-state index >= 15 is 0 Å². The molecule has 4 heteroatoms. The van der Waals surface area contributed by atoms with E-state index in [0.717, 1.165) is 10.6 Å². The first-order valence-electron chi connectivity index (χ1n) is 7.39. The first kappa shape index (κ1) is 16.5. The molecule has 0 fully saturated rings. The van der Waals surface area contributed by atoms with Gasteiger partial charge in [-0.25, -0.2) is 0 Å². The molecule has 0 aliphatic carbocycles. The summed E-state index contributed by atoms with van der Waals surface area (Å²) < 4.78 is 18.9. The second-order valence-corrected chi connectivity index (χ2v) is 8.54. The second-order valence-electron chi connectivity index (χ2n) is 5.31. The maximum Gasteiger partial charge on any atom is 0.302 e. The van der Waals surface area contributed by atoms with E-state index in [-0.39, 0.29) is 11.6 Å². The van der Waals surface area contributed by atoms with Crippen molar-refractivity contribution in [1.29, 1.82) is 0 Å². The van der Waals surface area contributed by atoms with Gasteiger partial charge in [0, 0.05) is 23.2 Å². The summed E-state index contributed by atoms with van der Waals surface area (Å²) in [6.45, 7) is 3.64. The molecule has 0 N–H and O–H groups in total. The van der Waals surface area contributed by atoms with Crippen LogP contribution in [0.3, 0.4) is 0 Å². The van der Waals surface area contributed by atoms with Crippen LogP contribution in [0.4, 0.5) is 0 Å². The summed E-state index contributed by atoms with van der Waals surface area (Å²) >= 11 is 0. The molecular formula is C18H21O3P. The van der Waals surface area contributed by atoms with E-state index in [0.29, 0.717) is 13.0 Å². The minimum absolute atomic E-state index is 0.100. The highest BCUT2D eigenvalue weighted by molar-refractivity contribution is 7.79. The van der Waals surface area contributed by atoms with Crippen LogP contribution in [-0.2, 0) is 14.1 Å². The lowest BCUT2D eigenvalue weighted by Crippen LogP contribution is -2.25. The number of hydrogen-bond donors (Lipinski definition) is 0. The number of hydrogen-bond acceptors (Lipinski definition) is 3. The smallest absolute Gasteiger partial charge is 0.302 e. The molecule has 3 nitrogen and oxygen atoms in total. The number of ether oxygens (including phenoxy) is 1. The van der Waals surface area contributed by atoms with E-state index in [9.17, 15) is 9.36 Å². The molecule has 0 aliphatic rings. The second kappa shape index (κ2) is 7.42.